The van der Waals surface area contributed by atoms with E-state index in [-0.39, 0.29) is 6.09 Å². The Morgan fingerprint density at radius 2 is 1.96 bits per heavy atom. The van der Waals surface area contributed by atoms with Crippen LogP contribution in [-0.2, 0) is 4.74 Å². The smallest absolute Gasteiger partial charge is 0.410 e. The molecule has 1 amide bonds. The number of benzene rings is 1. The average molecular weight is 339 g/mol. The summed E-state index contributed by atoms with van der Waals surface area (Å²) >= 11 is 0. The van der Waals surface area contributed by atoms with Crippen molar-refractivity contribution in [3.8, 4) is 0 Å². The first-order valence-electron chi connectivity index (χ1n) is 8.95. The van der Waals surface area contributed by atoms with Crippen molar-refractivity contribution in [1.29, 1.82) is 0 Å². The van der Waals surface area contributed by atoms with Gasteiger partial charge in [0.15, 0.2) is 0 Å². The summed E-state index contributed by atoms with van der Waals surface area (Å²) in [6.45, 7) is 8.73. The Morgan fingerprint density at radius 1 is 1.16 bits per heavy atom. The van der Waals surface area contributed by atoms with Crippen LogP contribution in [-0.4, -0.2) is 48.3 Å². The quantitative estimate of drug-likeness (QED) is 0.797. The molecule has 0 unspecified atom stereocenters. The largest absolute Gasteiger partial charge is 0.439 e. The lowest BCUT2D eigenvalue weighted by Crippen LogP contribution is -2.50. The monoisotopic (exact) mass is 339 g/mol. The molecule has 0 N–H and O–H groups in total. The van der Waals surface area contributed by atoms with Gasteiger partial charge < -0.3 is 14.5 Å². The molecular formula is C20H25N3O2. The summed E-state index contributed by atoms with van der Waals surface area (Å²) in [6, 6.07) is 6.49. The molecule has 1 aromatic heterocycles. The maximum Gasteiger partial charge on any atom is 0.410 e. The SMILES string of the molecule is Cc1ccc2c(C)cc(N3CCC[C@]4(CN(C)C(=O)O4)C3)nc2c1C. The zero-order chi connectivity index (χ0) is 17.8. The van der Waals surface area contributed by atoms with Crippen LogP contribution >= 0.6 is 0 Å². The molecule has 1 atom stereocenters. The van der Waals surface area contributed by atoms with Crippen molar-refractivity contribution in [2.45, 2.75) is 39.2 Å². The molecule has 2 aliphatic heterocycles. The number of aryl methyl sites for hydroxylation is 3. The molecule has 2 aliphatic rings. The van der Waals surface area contributed by atoms with Gasteiger partial charge in [0.2, 0.25) is 0 Å². The number of likely N-dealkylation sites (N-methyl/N-ethyl adjacent to an activating group) is 1. The highest BCUT2D eigenvalue weighted by molar-refractivity contribution is 5.87. The van der Waals surface area contributed by atoms with E-state index in [1.54, 1.807) is 11.9 Å². The molecule has 3 heterocycles. The van der Waals surface area contributed by atoms with Crippen molar-refractivity contribution in [2.75, 3.05) is 31.6 Å². The van der Waals surface area contributed by atoms with Gasteiger partial charge in [0.1, 0.15) is 11.4 Å². The maximum absolute atomic E-state index is 11.9. The summed E-state index contributed by atoms with van der Waals surface area (Å²) in [7, 11) is 1.81. The number of anilines is 1. The molecule has 132 valence electrons. The first-order valence-corrected chi connectivity index (χ1v) is 8.95. The fraction of sp³-hybridized carbons (Fsp3) is 0.500. The number of pyridine rings is 1. The summed E-state index contributed by atoms with van der Waals surface area (Å²) in [5.74, 6) is 0.989. The summed E-state index contributed by atoms with van der Waals surface area (Å²) in [5, 5.41) is 1.21. The van der Waals surface area contributed by atoms with Crippen LogP contribution in [0.3, 0.4) is 0 Å². The van der Waals surface area contributed by atoms with Gasteiger partial charge in [0.25, 0.3) is 0 Å². The highest BCUT2D eigenvalue weighted by Gasteiger charge is 2.46. The van der Waals surface area contributed by atoms with Crippen LogP contribution in [0.1, 0.15) is 29.5 Å². The summed E-state index contributed by atoms with van der Waals surface area (Å²) < 4.78 is 5.73. The van der Waals surface area contributed by atoms with Crippen LogP contribution in [0.5, 0.6) is 0 Å². The molecule has 5 nitrogen and oxygen atoms in total. The molecule has 0 aliphatic carbocycles. The molecular weight excluding hydrogens is 314 g/mol. The lowest BCUT2D eigenvalue weighted by atomic mass is 9.92. The second-order valence-electron chi connectivity index (χ2n) is 7.63. The summed E-state index contributed by atoms with van der Waals surface area (Å²) in [6.07, 6.45) is 1.72. The zero-order valence-corrected chi connectivity index (χ0v) is 15.4. The Balaban J connectivity index is 1.72. The van der Waals surface area contributed by atoms with Crippen LogP contribution < -0.4 is 4.90 Å². The molecule has 0 saturated carbocycles. The summed E-state index contributed by atoms with van der Waals surface area (Å²) in [4.78, 5) is 20.8. The number of hydrogen-bond donors (Lipinski definition) is 0. The van der Waals surface area contributed by atoms with E-state index in [1.165, 1.54) is 22.1 Å². The van der Waals surface area contributed by atoms with Gasteiger partial charge in [-0.05, 0) is 56.4 Å². The molecule has 4 rings (SSSR count). The number of ether oxygens (including phenoxy) is 1. The van der Waals surface area contributed by atoms with Gasteiger partial charge in [-0.15, -0.1) is 0 Å². The zero-order valence-electron chi connectivity index (χ0n) is 15.4. The number of carbonyl (C=O) groups excluding carboxylic acids is 1. The van der Waals surface area contributed by atoms with Crippen LogP contribution in [0.4, 0.5) is 10.6 Å². The molecule has 0 radical (unpaired) electrons. The Morgan fingerprint density at radius 3 is 2.68 bits per heavy atom. The van der Waals surface area contributed by atoms with Crippen molar-refractivity contribution < 1.29 is 9.53 Å². The molecule has 1 spiro atoms. The number of piperidine rings is 1. The maximum atomic E-state index is 11.9. The minimum absolute atomic E-state index is 0.212. The lowest BCUT2D eigenvalue weighted by Gasteiger charge is -2.39. The van der Waals surface area contributed by atoms with Crippen molar-refractivity contribution in [2.24, 2.45) is 0 Å². The third-order valence-corrected chi connectivity index (χ3v) is 5.70. The van der Waals surface area contributed by atoms with Crippen LogP contribution in [0.25, 0.3) is 10.9 Å². The van der Waals surface area contributed by atoms with E-state index in [0.29, 0.717) is 13.1 Å². The topological polar surface area (TPSA) is 45.7 Å². The standard InChI is InChI=1S/C20H25N3O2/c1-13-6-7-16-14(2)10-17(21-18(16)15(13)3)23-9-5-8-20(12-23)11-22(4)19(24)25-20/h6-7,10H,5,8-9,11-12H2,1-4H3/t20-/m0/s1. The third kappa shape index (κ3) is 2.62. The van der Waals surface area contributed by atoms with Gasteiger partial charge in [0, 0.05) is 19.0 Å². The second kappa shape index (κ2) is 5.61. The molecule has 25 heavy (non-hydrogen) atoms. The number of nitrogens with zero attached hydrogens (tertiary/aromatic N) is 3. The van der Waals surface area contributed by atoms with Crippen molar-refractivity contribution >= 4 is 22.8 Å². The van der Waals surface area contributed by atoms with Crippen molar-refractivity contribution in [3.05, 3.63) is 34.9 Å². The first-order chi connectivity index (χ1) is 11.9. The van der Waals surface area contributed by atoms with Gasteiger partial charge >= 0.3 is 6.09 Å². The highest BCUT2D eigenvalue weighted by Crippen LogP contribution is 2.34. The van der Waals surface area contributed by atoms with E-state index in [1.807, 2.05) is 0 Å². The Labute approximate surface area is 148 Å². The minimum Gasteiger partial charge on any atom is -0.439 e. The number of aromatic nitrogens is 1. The fourth-order valence-electron chi connectivity index (χ4n) is 4.14. The van der Waals surface area contributed by atoms with E-state index >= 15 is 0 Å². The molecule has 2 fully saturated rings. The third-order valence-electron chi connectivity index (χ3n) is 5.70. The predicted molar refractivity (Wildman–Crippen MR) is 99.2 cm³/mol. The number of hydrogen-bond acceptors (Lipinski definition) is 4. The number of rotatable bonds is 1. The number of amides is 1. The van der Waals surface area contributed by atoms with Gasteiger partial charge in [0.05, 0.1) is 18.6 Å². The first kappa shape index (κ1) is 16.2. The van der Waals surface area contributed by atoms with Crippen LogP contribution in [0.15, 0.2) is 18.2 Å². The summed E-state index contributed by atoms with van der Waals surface area (Å²) in [5.41, 5.74) is 4.42. The van der Waals surface area contributed by atoms with Crippen LogP contribution in [0.2, 0.25) is 0 Å². The van der Waals surface area contributed by atoms with Gasteiger partial charge in [-0.25, -0.2) is 9.78 Å². The molecule has 2 saturated heterocycles. The van der Waals surface area contributed by atoms with Crippen molar-refractivity contribution in [1.82, 2.24) is 9.88 Å². The Hall–Kier alpha value is -2.30. The fourth-order valence-corrected chi connectivity index (χ4v) is 4.14. The Kier molecular flexibility index (Phi) is 3.63. The molecule has 0 bridgehead atoms. The molecule has 2 aromatic rings. The normalized spacial score (nSPS) is 23.6. The molecule has 5 heteroatoms. The Bertz CT molecular complexity index is 864. The van der Waals surface area contributed by atoms with Gasteiger partial charge in [-0.2, -0.15) is 0 Å². The van der Waals surface area contributed by atoms with E-state index in [0.717, 1.165) is 30.7 Å². The van der Waals surface area contributed by atoms with E-state index in [4.69, 9.17) is 9.72 Å². The van der Waals surface area contributed by atoms with E-state index in [2.05, 4.69) is 43.9 Å². The van der Waals surface area contributed by atoms with E-state index in [9.17, 15) is 4.79 Å². The van der Waals surface area contributed by atoms with E-state index < -0.39 is 5.60 Å². The lowest BCUT2D eigenvalue weighted by molar-refractivity contribution is 0.0445. The van der Waals surface area contributed by atoms with Gasteiger partial charge in [-0.3, -0.25) is 0 Å². The minimum atomic E-state index is -0.393. The number of carbonyl (C=O) groups is 1. The predicted octanol–water partition coefficient (Wildman–Crippen LogP) is 3.58. The highest BCUT2D eigenvalue weighted by atomic mass is 16.6. The second-order valence-corrected chi connectivity index (χ2v) is 7.63. The van der Waals surface area contributed by atoms with Gasteiger partial charge in [-0.1, -0.05) is 12.1 Å². The number of fused-ring (bicyclic) bond motifs is 1. The average Bonchev–Trinajstić information content (AvgIpc) is 2.84. The molecule has 1 aromatic carbocycles. The van der Waals surface area contributed by atoms with Crippen LogP contribution in [0, 0.1) is 20.8 Å². The van der Waals surface area contributed by atoms with Crippen molar-refractivity contribution in [3.63, 3.8) is 0 Å².